The first-order valence-electron chi connectivity index (χ1n) is 8.88. The van der Waals surface area contributed by atoms with E-state index in [4.69, 9.17) is 5.73 Å². The number of carbonyl (C=O) groups excluding carboxylic acids is 1. The van der Waals surface area contributed by atoms with Crippen molar-refractivity contribution < 1.29 is 9.90 Å². The van der Waals surface area contributed by atoms with Gasteiger partial charge >= 0.3 is 0 Å². The number of hydrogen-bond donors (Lipinski definition) is 2. The molecule has 0 saturated carbocycles. The first kappa shape index (κ1) is 17.9. The van der Waals surface area contributed by atoms with Crippen molar-refractivity contribution in [3.8, 4) is 23.1 Å². The largest absolute Gasteiger partial charge is 0.382 e. The molecule has 1 aromatic carbocycles. The van der Waals surface area contributed by atoms with Gasteiger partial charge in [-0.15, -0.1) is 0 Å². The Labute approximate surface area is 162 Å². The highest BCUT2D eigenvalue weighted by Gasteiger charge is 2.46. The number of pyridine rings is 1. The number of carbonyl (C=O) groups is 1. The van der Waals surface area contributed by atoms with Crippen molar-refractivity contribution in [2.75, 3.05) is 12.8 Å². The number of likely N-dealkylation sites (tertiary alicyclic amines) is 1. The second kappa shape index (κ2) is 6.59. The molecule has 1 aliphatic rings. The summed E-state index contributed by atoms with van der Waals surface area (Å²) in [5.74, 6) is 5.65. The lowest BCUT2D eigenvalue weighted by atomic mass is 10.00. The van der Waals surface area contributed by atoms with Gasteiger partial charge in [-0.1, -0.05) is 24.0 Å². The summed E-state index contributed by atoms with van der Waals surface area (Å²) in [6, 6.07) is 11.1. The Morgan fingerprint density at radius 3 is 2.86 bits per heavy atom. The molecule has 0 spiro atoms. The normalized spacial score (nSPS) is 21.6. The van der Waals surface area contributed by atoms with Gasteiger partial charge in [0.2, 0.25) is 5.60 Å². The predicted molar refractivity (Wildman–Crippen MR) is 106 cm³/mol. The number of likely N-dealkylation sites (N-methyl/N-ethyl adjacent to an activating group) is 1. The Bertz CT molecular complexity index is 1150. The highest BCUT2D eigenvalue weighted by molar-refractivity contribution is 5.91. The summed E-state index contributed by atoms with van der Waals surface area (Å²) in [6.07, 6.45) is 1.70. The lowest BCUT2D eigenvalue weighted by Crippen LogP contribution is -2.37. The minimum absolute atomic E-state index is 0.0485. The van der Waals surface area contributed by atoms with E-state index in [9.17, 15) is 9.90 Å². The molecule has 2 atom stereocenters. The molecule has 4 rings (SSSR count). The van der Waals surface area contributed by atoms with E-state index in [1.165, 1.54) is 11.2 Å². The standard InChI is InChI=1S/C21H19N5O2/c1-13-11-21(28,20(27)26(13)2)9-8-14-4-3-5-15(10-14)16-6-7-17-18(25-16)19(22)24-12-23-17/h3-7,10,12-13,28H,11H2,1-2H3,(H2,22,23,24)/t13-,21+/m1/s1. The van der Waals surface area contributed by atoms with Gasteiger partial charge in [0.25, 0.3) is 5.91 Å². The van der Waals surface area contributed by atoms with Gasteiger partial charge in [0.05, 0.1) is 11.2 Å². The number of rotatable bonds is 1. The van der Waals surface area contributed by atoms with E-state index in [0.29, 0.717) is 34.5 Å². The molecule has 3 heterocycles. The molecule has 1 amide bonds. The number of aromatic nitrogens is 3. The van der Waals surface area contributed by atoms with Gasteiger partial charge in [0, 0.05) is 30.6 Å². The van der Waals surface area contributed by atoms with Crippen molar-refractivity contribution in [3.63, 3.8) is 0 Å². The molecular weight excluding hydrogens is 354 g/mol. The van der Waals surface area contributed by atoms with Gasteiger partial charge in [-0.2, -0.15) is 0 Å². The molecule has 0 aliphatic carbocycles. The van der Waals surface area contributed by atoms with Crippen LogP contribution < -0.4 is 5.73 Å². The average molecular weight is 373 g/mol. The zero-order valence-corrected chi connectivity index (χ0v) is 15.5. The summed E-state index contributed by atoms with van der Waals surface area (Å²) >= 11 is 0. The summed E-state index contributed by atoms with van der Waals surface area (Å²) in [4.78, 5) is 26.5. The zero-order valence-electron chi connectivity index (χ0n) is 15.5. The van der Waals surface area contributed by atoms with Gasteiger partial charge < -0.3 is 15.7 Å². The second-order valence-electron chi connectivity index (χ2n) is 6.98. The monoisotopic (exact) mass is 373 g/mol. The molecule has 0 radical (unpaired) electrons. The minimum Gasteiger partial charge on any atom is -0.382 e. The van der Waals surface area contributed by atoms with Crippen molar-refractivity contribution in [3.05, 3.63) is 48.3 Å². The van der Waals surface area contributed by atoms with E-state index in [1.54, 1.807) is 7.05 Å². The van der Waals surface area contributed by atoms with Gasteiger partial charge in [0.15, 0.2) is 5.82 Å². The number of aliphatic hydroxyl groups is 1. The Balaban J connectivity index is 1.68. The highest BCUT2D eigenvalue weighted by atomic mass is 16.3. The molecule has 140 valence electrons. The molecule has 3 N–H and O–H groups in total. The lowest BCUT2D eigenvalue weighted by molar-refractivity contribution is -0.138. The van der Waals surface area contributed by atoms with Crippen molar-refractivity contribution in [1.29, 1.82) is 0 Å². The van der Waals surface area contributed by atoms with Gasteiger partial charge in [-0.25, -0.2) is 15.0 Å². The molecule has 3 aromatic rings. The van der Waals surface area contributed by atoms with Crippen molar-refractivity contribution in [2.24, 2.45) is 0 Å². The molecule has 7 nitrogen and oxygen atoms in total. The van der Waals surface area contributed by atoms with Crippen LogP contribution in [0.25, 0.3) is 22.3 Å². The second-order valence-corrected chi connectivity index (χ2v) is 6.98. The number of amides is 1. The predicted octanol–water partition coefficient (Wildman–Crippen LogP) is 1.61. The van der Waals surface area contributed by atoms with Crippen LogP contribution in [0.2, 0.25) is 0 Å². The van der Waals surface area contributed by atoms with Crippen LogP contribution in [0.4, 0.5) is 5.82 Å². The van der Waals surface area contributed by atoms with Crippen LogP contribution >= 0.6 is 0 Å². The van der Waals surface area contributed by atoms with Crippen LogP contribution in [-0.4, -0.2) is 49.6 Å². The molecule has 7 heteroatoms. The lowest BCUT2D eigenvalue weighted by Gasteiger charge is -2.14. The first-order chi connectivity index (χ1) is 13.4. The fourth-order valence-corrected chi connectivity index (χ4v) is 3.30. The van der Waals surface area contributed by atoms with E-state index in [2.05, 4.69) is 26.8 Å². The quantitative estimate of drug-likeness (QED) is 0.628. The Hall–Kier alpha value is -3.50. The topological polar surface area (TPSA) is 105 Å². The van der Waals surface area contributed by atoms with Crippen LogP contribution in [0, 0.1) is 11.8 Å². The number of nitrogens with two attached hydrogens (primary N) is 1. The van der Waals surface area contributed by atoms with E-state index < -0.39 is 5.60 Å². The number of benzene rings is 1. The number of fused-ring (bicyclic) bond motifs is 1. The molecule has 0 unspecified atom stereocenters. The maximum atomic E-state index is 12.2. The van der Waals surface area contributed by atoms with Crippen LogP contribution in [0.3, 0.4) is 0 Å². The summed E-state index contributed by atoms with van der Waals surface area (Å²) in [6.45, 7) is 1.89. The Morgan fingerprint density at radius 2 is 2.11 bits per heavy atom. The first-order valence-corrected chi connectivity index (χ1v) is 8.88. The third kappa shape index (κ3) is 3.04. The summed E-state index contributed by atoms with van der Waals surface area (Å²) in [7, 11) is 1.67. The highest BCUT2D eigenvalue weighted by Crippen LogP contribution is 2.27. The molecule has 28 heavy (non-hydrogen) atoms. The van der Waals surface area contributed by atoms with Crippen LogP contribution in [0.1, 0.15) is 18.9 Å². The Morgan fingerprint density at radius 1 is 1.29 bits per heavy atom. The summed E-state index contributed by atoms with van der Waals surface area (Å²) in [5, 5.41) is 10.6. The smallest absolute Gasteiger partial charge is 0.267 e. The number of anilines is 1. The van der Waals surface area contributed by atoms with Crippen molar-refractivity contribution >= 4 is 22.8 Å². The van der Waals surface area contributed by atoms with Gasteiger partial charge in [-0.3, -0.25) is 4.79 Å². The third-order valence-electron chi connectivity index (χ3n) is 5.01. The van der Waals surface area contributed by atoms with Crippen LogP contribution in [-0.2, 0) is 4.79 Å². The molecule has 0 bridgehead atoms. The average Bonchev–Trinajstić information content (AvgIpc) is 2.90. The Kier molecular flexibility index (Phi) is 4.21. The molecule has 1 saturated heterocycles. The molecule has 1 fully saturated rings. The van der Waals surface area contributed by atoms with Crippen molar-refractivity contribution in [2.45, 2.75) is 25.0 Å². The summed E-state index contributed by atoms with van der Waals surface area (Å²) < 4.78 is 0. The van der Waals surface area contributed by atoms with E-state index in [1.807, 2.05) is 43.3 Å². The number of nitrogen functional groups attached to an aromatic ring is 1. The van der Waals surface area contributed by atoms with E-state index in [-0.39, 0.29) is 11.9 Å². The SMILES string of the molecule is C[C@@H]1C[C@@](O)(C#Cc2cccc(-c3ccc4ncnc(N)c4n3)c2)C(=O)N1C. The fraction of sp³-hybridized carbons (Fsp3) is 0.238. The maximum absolute atomic E-state index is 12.2. The molecule has 1 aliphatic heterocycles. The molecule has 2 aromatic heterocycles. The van der Waals surface area contributed by atoms with Crippen LogP contribution in [0.15, 0.2) is 42.7 Å². The van der Waals surface area contributed by atoms with Crippen molar-refractivity contribution in [1.82, 2.24) is 19.9 Å². The van der Waals surface area contributed by atoms with Crippen LogP contribution in [0.5, 0.6) is 0 Å². The van der Waals surface area contributed by atoms with Gasteiger partial charge in [0.1, 0.15) is 11.8 Å². The third-order valence-corrected chi connectivity index (χ3v) is 5.01. The van der Waals surface area contributed by atoms with E-state index >= 15 is 0 Å². The number of hydrogen-bond acceptors (Lipinski definition) is 6. The summed E-state index contributed by atoms with van der Waals surface area (Å²) in [5.41, 5.74) is 7.70. The van der Waals surface area contributed by atoms with E-state index in [0.717, 1.165) is 5.56 Å². The maximum Gasteiger partial charge on any atom is 0.267 e. The fourth-order valence-electron chi connectivity index (χ4n) is 3.30. The minimum atomic E-state index is -1.64. The van der Waals surface area contributed by atoms with Gasteiger partial charge in [-0.05, 0) is 31.2 Å². The number of nitrogens with zero attached hydrogens (tertiary/aromatic N) is 4. The zero-order chi connectivity index (χ0) is 19.9. The molecular formula is C21H19N5O2.